The summed E-state index contributed by atoms with van der Waals surface area (Å²) in [5.41, 5.74) is 1.99. The van der Waals surface area contributed by atoms with Gasteiger partial charge in [0.2, 0.25) is 11.8 Å². The number of amides is 2. The van der Waals surface area contributed by atoms with Crippen LogP contribution in [-0.4, -0.2) is 83.9 Å². The molecule has 1 saturated heterocycles. The second kappa shape index (κ2) is 14.7. The molecule has 4 N–H and O–H groups in total. The van der Waals surface area contributed by atoms with Gasteiger partial charge < -0.3 is 35.4 Å². The topological polar surface area (TPSA) is 138 Å². The highest BCUT2D eigenvalue weighted by atomic mass is 35.5. The number of nitrogens with one attached hydrogen (secondary N) is 3. The number of aromatic nitrogens is 2. The molecule has 2 aromatic rings. The third-order valence-corrected chi connectivity index (χ3v) is 8.19. The summed E-state index contributed by atoms with van der Waals surface area (Å²) in [6, 6.07) is 5.51. The smallest absolute Gasteiger partial charge is 0.247 e. The molecule has 1 aromatic carbocycles. The summed E-state index contributed by atoms with van der Waals surface area (Å²) in [7, 11) is 0. The summed E-state index contributed by atoms with van der Waals surface area (Å²) in [6.07, 6.45) is 9.73. The predicted octanol–water partition coefficient (Wildman–Crippen LogP) is 3.76. The first kappa shape index (κ1) is 30.1. The van der Waals surface area contributed by atoms with Crippen molar-refractivity contribution < 1.29 is 24.2 Å². The molecular formula is C30H39ClN6O5. The SMILES string of the molecule is O=C(NCCOCCO)C1=Cc2c(ncnc2Nc2ccc(OC3CCN(C(=O)C4CCCC4)CC3)c(Cl)c2)NCC1. The lowest BCUT2D eigenvalue weighted by atomic mass is 10.0. The number of hydrogen-bond acceptors (Lipinski definition) is 9. The van der Waals surface area contributed by atoms with Gasteiger partial charge in [0.1, 0.15) is 29.8 Å². The number of hydrogen-bond donors (Lipinski definition) is 4. The van der Waals surface area contributed by atoms with Gasteiger partial charge in [0, 0.05) is 56.2 Å². The molecule has 2 amide bonds. The van der Waals surface area contributed by atoms with Crippen LogP contribution in [0.5, 0.6) is 5.75 Å². The molecular weight excluding hydrogens is 560 g/mol. The minimum atomic E-state index is -0.190. The summed E-state index contributed by atoms with van der Waals surface area (Å²) in [4.78, 5) is 36.3. The highest BCUT2D eigenvalue weighted by Gasteiger charge is 2.30. The van der Waals surface area contributed by atoms with Gasteiger partial charge in [-0.1, -0.05) is 24.4 Å². The van der Waals surface area contributed by atoms with E-state index in [0.29, 0.717) is 65.6 Å². The third-order valence-electron chi connectivity index (χ3n) is 7.89. The maximum Gasteiger partial charge on any atom is 0.247 e. The Labute approximate surface area is 251 Å². The Hall–Kier alpha value is -3.41. The summed E-state index contributed by atoms with van der Waals surface area (Å²) in [6.45, 7) is 2.84. The zero-order chi connectivity index (χ0) is 29.3. The fourth-order valence-electron chi connectivity index (χ4n) is 5.65. The quantitative estimate of drug-likeness (QED) is 0.285. The van der Waals surface area contributed by atoms with E-state index >= 15 is 0 Å². The van der Waals surface area contributed by atoms with Crippen molar-refractivity contribution in [1.29, 1.82) is 0 Å². The molecule has 0 atom stereocenters. The van der Waals surface area contributed by atoms with Gasteiger partial charge in [-0.3, -0.25) is 9.59 Å². The Morgan fingerprint density at radius 1 is 1.12 bits per heavy atom. The average molecular weight is 599 g/mol. The fourth-order valence-corrected chi connectivity index (χ4v) is 5.87. The highest BCUT2D eigenvalue weighted by molar-refractivity contribution is 6.32. The Morgan fingerprint density at radius 2 is 1.93 bits per heavy atom. The zero-order valence-corrected chi connectivity index (χ0v) is 24.5. The van der Waals surface area contributed by atoms with Crippen LogP contribution in [0.2, 0.25) is 5.02 Å². The van der Waals surface area contributed by atoms with Crippen LogP contribution < -0.4 is 20.7 Å². The molecule has 1 aromatic heterocycles. The molecule has 42 heavy (non-hydrogen) atoms. The molecule has 0 radical (unpaired) electrons. The lowest BCUT2D eigenvalue weighted by molar-refractivity contribution is -0.137. The lowest BCUT2D eigenvalue weighted by Gasteiger charge is -2.33. The normalized spacial score (nSPS) is 17.6. The Bertz CT molecular complexity index is 1280. The van der Waals surface area contributed by atoms with Gasteiger partial charge in [-0.2, -0.15) is 0 Å². The molecule has 0 bridgehead atoms. The van der Waals surface area contributed by atoms with E-state index in [9.17, 15) is 9.59 Å². The van der Waals surface area contributed by atoms with E-state index in [2.05, 4.69) is 25.9 Å². The number of likely N-dealkylation sites (tertiary alicyclic amines) is 1. The van der Waals surface area contributed by atoms with Crippen LogP contribution in [0.4, 0.5) is 17.3 Å². The number of piperidine rings is 1. The largest absolute Gasteiger partial charge is 0.489 e. The Balaban J connectivity index is 1.20. The molecule has 0 spiro atoms. The molecule has 12 heteroatoms. The number of aliphatic hydroxyl groups is 1. The van der Waals surface area contributed by atoms with Crippen LogP contribution in [0, 0.1) is 5.92 Å². The highest BCUT2D eigenvalue weighted by Crippen LogP contribution is 2.34. The number of anilines is 3. The Kier molecular flexibility index (Phi) is 10.5. The average Bonchev–Trinajstić information content (AvgIpc) is 3.45. The summed E-state index contributed by atoms with van der Waals surface area (Å²) in [5, 5.41) is 18.7. The van der Waals surface area contributed by atoms with Gasteiger partial charge >= 0.3 is 0 Å². The van der Waals surface area contributed by atoms with Gasteiger partial charge in [0.05, 0.1) is 30.4 Å². The number of benzene rings is 1. The molecule has 2 aliphatic heterocycles. The number of aliphatic hydroxyl groups excluding tert-OH is 1. The number of fused-ring (bicyclic) bond motifs is 1. The van der Waals surface area contributed by atoms with E-state index in [-0.39, 0.29) is 31.1 Å². The van der Waals surface area contributed by atoms with E-state index in [1.54, 1.807) is 12.1 Å². The Morgan fingerprint density at radius 3 is 2.69 bits per heavy atom. The molecule has 1 aliphatic carbocycles. The second-order valence-electron chi connectivity index (χ2n) is 10.8. The van der Waals surface area contributed by atoms with Gasteiger partial charge in [-0.15, -0.1) is 0 Å². The molecule has 3 aliphatic rings. The maximum absolute atomic E-state index is 12.8. The molecule has 5 rings (SSSR count). The van der Waals surface area contributed by atoms with Gasteiger partial charge in [0.15, 0.2) is 0 Å². The van der Waals surface area contributed by atoms with E-state index < -0.39 is 0 Å². The lowest BCUT2D eigenvalue weighted by Crippen LogP contribution is -2.44. The number of nitrogens with zero attached hydrogens (tertiary/aromatic N) is 3. The van der Waals surface area contributed by atoms with Crippen molar-refractivity contribution in [2.24, 2.45) is 5.92 Å². The van der Waals surface area contributed by atoms with E-state index in [4.69, 9.17) is 26.2 Å². The fraction of sp³-hybridized carbons (Fsp3) is 0.533. The van der Waals surface area contributed by atoms with Crippen LogP contribution in [0.25, 0.3) is 6.08 Å². The molecule has 1 saturated carbocycles. The van der Waals surface area contributed by atoms with E-state index in [1.807, 2.05) is 17.0 Å². The van der Waals surface area contributed by atoms with Crippen LogP contribution in [-0.2, 0) is 14.3 Å². The first-order valence-electron chi connectivity index (χ1n) is 14.8. The van der Waals surface area contributed by atoms with Crippen molar-refractivity contribution in [1.82, 2.24) is 20.2 Å². The van der Waals surface area contributed by atoms with Crippen molar-refractivity contribution in [2.45, 2.75) is 51.0 Å². The summed E-state index contributed by atoms with van der Waals surface area (Å²) >= 11 is 6.63. The van der Waals surface area contributed by atoms with Crippen molar-refractivity contribution in [2.75, 3.05) is 56.6 Å². The van der Waals surface area contributed by atoms with Crippen molar-refractivity contribution >= 4 is 46.8 Å². The first-order chi connectivity index (χ1) is 20.5. The molecule has 11 nitrogen and oxygen atoms in total. The maximum atomic E-state index is 12.8. The molecule has 0 unspecified atom stereocenters. The monoisotopic (exact) mass is 598 g/mol. The molecule has 3 heterocycles. The summed E-state index contributed by atoms with van der Waals surface area (Å²) < 4.78 is 11.5. The van der Waals surface area contributed by atoms with Gasteiger partial charge in [-0.05, 0) is 43.5 Å². The second-order valence-corrected chi connectivity index (χ2v) is 11.2. The first-order valence-corrected chi connectivity index (χ1v) is 15.2. The van der Waals surface area contributed by atoms with Gasteiger partial charge in [-0.25, -0.2) is 9.97 Å². The number of halogens is 1. The minimum absolute atomic E-state index is 0.00795. The zero-order valence-electron chi connectivity index (χ0n) is 23.7. The van der Waals surface area contributed by atoms with Crippen LogP contribution in [0.15, 0.2) is 30.1 Å². The van der Waals surface area contributed by atoms with Crippen LogP contribution in [0.3, 0.4) is 0 Å². The van der Waals surface area contributed by atoms with Crippen LogP contribution >= 0.6 is 11.6 Å². The standard InChI is InChI=1S/C30H39ClN6O5/c31-25-18-22(5-6-26(25)42-23-8-12-37(13-9-23)30(40)20-3-1-2-4-20)36-28-24-17-21(7-10-32-27(24)34-19-35-28)29(39)33-11-15-41-16-14-38/h5-6,17-20,23,38H,1-4,7-16H2,(H,33,39)(H2,32,34,35,36). The molecule has 2 fully saturated rings. The van der Waals surface area contributed by atoms with E-state index in [0.717, 1.165) is 57.3 Å². The number of rotatable bonds is 11. The minimum Gasteiger partial charge on any atom is -0.489 e. The third kappa shape index (κ3) is 7.70. The number of ether oxygens (including phenoxy) is 2. The van der Waals surface area contributed by atoms with Crippen molar-refractivity contribution in [3.05, 3.63) is 40.7 Å². The van der Waals surface area contributed by atoms with Crippen molar-refractivity contribution in [3.63, 3.8) is 0 Å². The number of carbonyl (C=O) groups excluding carboxylic acids is 2. The van der Waals surface area contributed by atoms with Crippen LogP contribution in [0.1, 0.15) is 50.5 Å². The molecule has 226 valence electrons. The predicted molar refractivity (Wildman–Crippen MR) is 161 cm³/mol. The van der Waals surface area contributed by atoms with E-state index in [1.165, 1.54) is 6.33 Å². The van der Waals surface area contributed by atoms with Crippen molar-refractivity contribution in [3.8, 4) is 5.75 Å². The number of carbonyl (C=O) groups is 2. The van der Waals surface area contributed by atoms with Gasteiger partial charge in [0.25, 0.3) is 0 Å². The summed E-state index contributed by atoms with van der Waals surface area (Å²) in [5.74, 6) is 2.10.